The molecule has 5 heteroatoms. The molecule has 0 saturated heterocycles. The topological polar surface area (TPSA) is 67.2 Å². The highest BCUT2D eigenvalue weighted by Gasteiger charge is 2.51. The van der Waals surface area contributed by atoms with Gasteiger partial charge in [0.1, 0.15) is 12.1 Å². The summed E-state index contributed by atoms with van der Waals surface area (Å²) in [6.45, 7) is 5.65. The summed E-state index contributed by atoms with van der Waals surface area (Å²) in [6.07, 6.45) is 2.11. The number of hydrogen-bond acceptors (Lipinski definition) is 4. The van der Waals surface area contributed by atoms with Gasteiger partial charge in [0.15, 0.2) is 5.41 Å². The number of benzene rings is 1. The summed E-state index contributed by atoms with van der Waals surface area (Å²) in [5, 5.41) is 9.75. The molecule has 4 nitrogen and oxygen atoms in total. The number of nitriles is 1. The lowest BCUT2D eigenvalue weighted by Crippen LogP contribution is -2.41. The van der Waals surface area contributed by atoms with Gasteiger partial charge >= 0.3 is 5.97 Å². The molecule has 0 unspecified atom stereocenters. The third kappa shape index (κ3) is 2.93. The van der Waals surface area contributed by atoms with Gasteiger partial charge in [-0.3, -0.25) is 9.59 Å². The third-order valence-electron chi connectivity index (χ3n) is 3.91. The van der Waals surface area contributed by atoms with Crippen LogP contribution in [-0.4, -0.2) is 18.9 Å². The fourth-order valence-electron chi connectivity index (χ4n) is 2.94. The molecule has 0 fully saturated rings. The second-order valence-corrected chi connectivity index (χ2v) is 5.38. The number of ether oxygens (including phenoxy) is 1. The van der Waals surface area contributed by atoms with Crippen LogP contribution in [0.1, 0.15) is 24.8 Å². The Morgan fingerprint density at radius 3 is 2.70 bits per heavy atom. The summed E-state index contributed by atoms with van der Waals surface area (Å²) >= 11 is 0. The molecule has 0 heterocycles. The summed E-state index contributed by atoms with van der Waals surface area (Å²) in [5.41, 5.74) is -0.259. The molecule has 1 aromatic rings. The van der Waals surface area contributed by atoms with Gasteiger partial charge in [0, 0.05) is 12.3 Å². The lowest BCUT2D eigenvalue weighted by molar-refractivity contribution is -0.152. The number of carbonyl (C=O) groups is 2. The van der Waals surface area contributed by atoms with E-state index in [-0.39, 0.29) is 13.0 Å². The molecule has 0 saturated carbocycles. The summed E-state index contributed by atoms with van der Waals surface area (Å²) in [7, 11) is 0. The molecule has 118 valence electrons. The first kappa shape index (κ1) is 16.6. The molecule has 2 atom stereocenters. The maximum absolute atomic E-state index is 13.2. The molecule has 0 spiro atoms. The Morgan fingerprint density at radius 1 is 1.52 bits per heavy atom. The number of aldehydes is 1. The van der Waals surface area contributed by atoms with Gasteiger partial charge in [-0.25, -0.2) is 4.39 Å². The first-order valence-electron chi connectivity index (χ1n) is 7.17. The van der Waals surface area contributed by atoms with Crippen molar-refractivity contribution >= 4 is 12.3 Å². The normalized spacial score (nSPS) is 23.6. The van der Waals surface area contributed by atoms with E-state index in [1.165, 1.54) is 24.3 Å². The standard InChI is InChI=1S/C18H16FNO3/c1-3-23-17(22)18(11-20)9-13(10-21)8-12(2)16(18)14-4-6-15(19)7-5-14/h4-8,10,16H,2-3,9H2,1H3/t16-,18+/m1/s1. The predicted octanol–water partition coefficient (Wildman–Crippen LogP) is 3.07. The SMILES string of the molecule is C=C1C=C(C=O)C[C@@](C#N)(C(=O)OCC)[C@H]1c1ccc(F)cc1. The van der Waals surface area contributed by atoms with Crippen molar-refractivity contribution in [2.24, 2.45) is 5.41 Å². The smallest absolute Gasteiger partial charge is 0.327 e. The lowest BCUT2D eigenvalue weighted by Gasteiger charge is -2.37. The Balaban J connectivity index is 2.62. The van der Waals surface area contributed by atoms with Crippen LogP contribution in [0.3, 0.4) is 0 Å². The minimum Gasteiger partial charge on any atom is -0.465 e. The molecular formula is C18H16FNO3. The Kier molecular flexibility index (Phi) is 4.75. The van der Waals surface area contributed by atoms with Gasteiger partial charge in [-0.15, -0.1) is 0 Å². The van der Waals surface area contributed by atoms with Crippen LogP contribution in [0, 0.1) is 22.6 Å². The summed E-state index contributed by atoms with van der Waals surface area (Å²) < 4.78 is 18.3. The van der Waals surface area contributed by atoms with Crippen molar-refractivity contribution in [2.45, 2.75) is 19.3 Å². The highest BCUT2D eigenvalue weighted by atomic mass is 19.1. The maximum atomic E-state index is 13.2. The molecule has 0 aliphatic heterocycles. The van der Waals surface area contributed by atoms with Gasteiger partial charge in [-0.05, 0) is 35.8 Å². The average Bonchev–Trinajstić information content (AvgIpc) is 2.55. The molecule has 2 rings (SSSR count). The molecule has 1 aromatic carbocycles. The summed E-state index contributed by atoms with van der Waals surface area (Å²) in [4.78, 5) is 23.7. The number of halogens is 1. The van der Waals surface area contributed by atoms with Crippen LogP contribution >= 0.6 is 0 Å². The minimum atomic E-state index is -1.59. The minimum absolute atomic E-state index is 0.0626. The van der Waals surface area contributed by atoms with E-state index in [2.05, 4.69) is 6.58 Å². The Labute approximate surface area is 133 Å². The van der Waals surface area contributed by atoms with Crippen LogP contribution in [0.15, 0.2) is 48.1 Å². The van der Waals surface area contributed by atoms with E-state index in [1.54, 1.807) is 13.0 Å². The second kappa shape index (κ2) is 6.57. The van der Waals surface area contributed by atoms with Crippen molar-refractivity contribution in [1.82, 2.24) is 0 Å². The molecule has 1 aliphatic carbocycles. The number of rotatable bonds is 4. The first-order valence-corrected chi connectivity index (χ1v) is 7.17. The van der Waals surface area contributed by atoms with E-state index in [4.69, 9.17) is 4.74 Å². The largest absolute Gasteiger partial charge is 0.465 e. The number of carbonyl (C=O) groups excluding carboxylic acids is 2. The van der Waals surface area contributed by atoms with Crippen molar-refractivity contribution in [3.05, 3.63) is 59.4 Å². The lowest BCUT2D eigenvalue weighted by atomic mass is 9.63. The fraction of sp³-hybridized carbons (Fsp3) is 0.278. The molecule has 0 aromatic heterocycles. The molecular weight excluding hydrogens is 297 g/mol. The van der Waals surface area contributed by atoms with Crippen LogP contribution in [0.25, 0.3) is 0 Å². The van der Waals surface area contributed by atoms with Crippen molar-refractivity contribution in [1.29, 1.82) is 5.26 Å². The third-order valence-corrected chi connectivity index (χ3v) is 3.91. The van der Waals surface area contributed by atoms with E-state index in [0.29, 0.717) is 23.0 Å². The molecule has 0 radical (unpaired) electrons. The Hall–Kier alpha value is -2.74. The van der Waals surface area contributed by atoms with Crippen molar-refractivity contribution < 1.29 is 18.7 Å². The van der Waals surface area contributed by atoms with Crippen LogP contribution in [0.5, 0.6) is 0 Å². The number of esters is 1. The fourth-order valence-corrected chi connectivity index (χ4v) is 2.94. The zero-order valence-electron chi connectivity index (χ0n) is 12.7. The van der Waals surface area contributed by atoms with Crippen LogP contribution in [0.2, 0.25) is 0 Å². The highest BCUT2D eigenvalue weighted by Crippen LogP contribution is 2.49. The monoisotopic (exact) mass is 313 g/mol. The zero-order valence-corrected chi connectivity index (χ0v) is 12.7. The van der Waals surface area contributed by atoms with Crippen molar-refractivity contribution in [3.8, 4) is 6.07 Å². The first-order chi connectivity index (χ1) is 11.0. The quantitative estimate of drug-likeness (QED) is 0.633. The zero-order chi connectivity index (χ0) is 17.0. The Morgan fingerprint density at radius 2 is 2.17 bits per heavy atom. The molecule has 1 aliphatic rings. The van der Waals surface area contributed by atoms with Crippen LogP contribution in [-0.2, 0) is 14.3 Å². The van der Waals surface area contributed by atoms with E-state index in [1.807, 2.05) is 6.07 Å². The van der Waals surface area contributed by atoms with E-state index in [9.17, 15) is 19.2 Å². The number of allylic oxidation sites excluding steroid dienone is 3. The van der Waals surface area contributed by atoms with E-state index in [0.717, 1.165) is 0 Å². The molecule has 0 amide bonds. The predicted molar refractivity (Wildman–Crippen MR) is 81.7 cm³/mol. The average molecular weight is 313 g/mol. The summed E-state index contributed by atoms with van der Waals surface area (Å²) in [6, 6.07) is 7.57. The van der Waals surface area contributed by atoms with Gasteiger partial charge in [0.05, 0.1) is 12.7 Å². The number of hydrogen-bond donors (Lipinski definition) is 0. The van der Waals surface area contributed by atoms with Crippen molar-refractivity contribution in [2.75, 3.05) is 6.61 Å². The number of nitrogens with zero attached hydrogens (tertiary/aromatic N) is 1. The highest BCUT2D eigenvalue weighted by molar-refractivity contribution is 5.87. The summed E-state index contributed by atoms with van der Waals surface area (Å²) in [5.74, 6) is -1.82. The maximum Gasteiger partial charge on any atom is 0.327 e. The molecule has 0 N–H and O–H groups in total. The second-order valence-electron chi connectivity index (χ2n) is 5.38. The van der Waals surface area contributed by atoms with E-state index >= 15 is 0 Å². The molecule has 23 heavy (non-hydrogen) atoms. The van der Waals surface area contributed by atoms with Gasteiger partial charge in [-0.1, -0.05) is 24.8 Å². The van der Waals surface area contributed by atoms with Gasteiger partial charge < -0.3 is 4.74 Å². The van der Waals surface area contributed by atoms with Gasteiger partial charge in [-0.2, -0.15) is 5.26 Å². The van der Waals surface area contributed by atoms with Crippen LogP contribution < -0.4 is 0 Å². The van der Waals surface area contributed by atoms with Gasteiger partial charge in [0.25, 0.3) is 0 Å². The molecule has 0 bridgehead atoms. The van der Waals surface area contributed by atoms with Crippen LogP contribution in [0.4, 0.5) is 4.39 Å². The Bertz CT molecular complexity index is 715. The van der Waals surface area contributed by atoms with E-state index < -0.39 is 23.1 Å². The van der Waals surface area contributed by atoms with Gasteiger partial charge in [0.2, 0.25) is 0 Å². The van der Waals surface area contributed by atoms with Crippen molar-refractivity contribution in [3.63, 3.8) is 0 Å².